The van der Waals surface area contributed by atoms with E-state index in [1.807, 2.05) is 0 Å². The molecule has 18 heavy (non-hydrogen) atoms. The van der Waals surface area contributed by atoms with Crippen molar-refractivity contribution in [1.29, 1.82) is 0 Å². The summed E-state index contributed by atoms with van der Waals surface area (Å²) in [6.45, 7) is 3.58. The molecule has 0 saturated carbocycles. The second-order valence-corrected chi connectivity index (χ2v) is 7.94. The Morgan fingerprint density at radius 1 is 1.11 bits per heavy atom. The minimum absolute atomic E-state index is 0.0221. The Hall–Kier alpha value is 0.00494. The van der Waals surface area contributed by atoms with E-state index in [1.165, 1.54) is 51.0 Å². The Bertz CT molecular complexity index is 336. The molecule has 2 nitrogen and oxygen atoms in total. The van der Waals surface area contributed by atoms with Gasteiger partial charge in [0.05, 0.1) is 0 Å². The number of amides is 1. The average molecular weight is 358 g/mol. The number of hydrogen-bond acceptors (Lipinski definition) is 1. The third-order valence-corrected chi connectivity index (χ3v) is 5.66. The van der Waals surface area contributed by atoms with Gasteiger partial charge in [-0.15, -0.1) is 0 Å². The number of fused-ring (bicyclic) bond motifs is 2. The van der Waals surface area contributed by atoms with Crippen molar-refractivity contribution < 1.29 is 4.79 Å². The summed E-state index contributed by atoms with van der Waals surface area (Å²) < 4.78 is 0.287. The maximum absolute atomic E-state index is 11.7. The van der Waals surface area contributed by atoms with Gasteiger partial charge in [0, 0.05) is 5.44 Å². The largest absolute Gasteiger partial charge is 0.355 e. The molecule has 99 valence electrons. The first kappa shape index (κ1) is 14.4. The van der Waals surface area contributed by atoms with Gasteiger partial charge >= 0.3 is 0 Å². The quantitative estimate of drug-likeness (QED) is 0.349. The highest BCUT2D eigenvalue weighted by molar-refractivity contribution is 14.1. The third kappa shape index (κ3) is 3.52. The SMILES string of the molecule is C=CC(=O)NC12[B]C(I)(CCCCCC1)CCC2. The molecule has 0 spiro atoms. The number of hydrogen-bond donors (Lipinski definition) is 1. The minimum atomic E-state index is -0.0744. The van der Waals surface area contributed by atoms with E-state index in [0.717, 1.165) is 12.8 Å². The van der Waals surface area contributed by atoms with Crippen molar-refractivity contribution >= 4 is 35.8 Å². The van der Waals surface area contributed by atoms with Crippen molar-refractivity contribution in [2.75, 3.05) is 0 Å². The predicted octanol–water partition coefficient (Wildman–Crippen LogP) is 3.36. The molecule has 1 amide bonds. The lowest BCUT2D eigenvalue weighted by Gasteiger charge is -2.45. The fraction of sp³-hybridized carbons (Fsp3) is 0.786. The van der Waals surface area contributed by atoms with Gasteiger partial charge in [-0.1, -0.05) is 61.3 Å². The van der Waals surface area contributed by atoms with Gasteiger partial charge in [-0.3, -0.25) is 4.79 Å². The van der Waals surface area contributed by atoms with Crippen molar-refractivity contribution in [3.63, 3.8) is 0 Å². The van der Waals surface area contributed by atoms with Crippen LogP contribution in [-0.4, -0.2) is 21.9 Å². The van der Waals surface area contributed by atoms with E-state index < -0.39 is 0 Å². The smallest absolute Gasteiger partial charge is 0.243 e. The first-order valence-electron chi connectivity index (χ1n) is 7.08. The van der Waals surface area contributed by atoms with Gasteiger partial charge in [0.2, 0.25) is 5.91 Å². The van der Waals surface area contributed by atoms with Crippen LogP contribution in [0.25, 0.3) is 0 Å². The number of carbonyl (C=O) groups excluding carboxylic acids is 1. The molecule has 2 aliphatic rings. The van der Waals surface area contributed by atoms with Crippen LogP contribution in [0.15, 0.2) is 12.7 Å². The second kappa shape index (κ2) is 5.97. The molecule has 2 aliphatic heterocycles. The van der Waals surface area contributed by atoms with Gasteiger partial charge in [0.15, 0.2) is 7.28 Å². The summed E-state index contributed by atoms with van der Waals surface area (Å²) in [4.78, 5) is 11.7. The Morgan fingerprint density at radius 3 is 2.44 bits per heavy atom. The van der Waals surface area contributed by atoms with E-state index >= 15 is 0 Å². The molecule has 1 radical (unpaired) electrons. The van der Waals surface area contributed by atoms with Crippen molar-refractivity contribution in [3.8, 4) is 0 Å². The molecule has 2 bridgehead atoms. The molecule has 0 aromatic rings. The van der Waals surface area contributed by atoms with Crippen LogP contribution in [0.2, 0.25) is 0 Å². The highest BCUT2D eigenvalue weighted by Crippen LogP contribution is 2.42. The van der Waals surface area contributed by atoms with Crippen molar-refractivity contribution in [2.45, 2.75) is 66.5 Å². The zero-order valence-corrected chi connectivity index (χ0v) is 13.2. The van der Waals surface area contributed by atoms with E-state index in [4.69, 9.17) is 0 Å². The summed E-state index contributed by atoms with van der Waals surface area (Å²) >= 11 is 2.62. The molecule has 2 saturated heterocycles. The van der Waals surface area contributed by atoms with Crippen LogP contribution in [0.4, 0.5) is 0 Å². The Kier molecular flexibility index (Phi) is 4.78. The number of halogens is 1. The first-order valence-corrected chi connectivity index (χ1v) is 8.16. The van der Waals surface area contributed by atoms with E-state index in [-0.39, 0.29) is 14.7 Å². The molecule has 2 rings (SSSR count). The average Bonchev–Trinajstić information content (AvgIpc) is 2.37. The van der Waals surface area contributed by atoms with Crippen molar-refractivity contribution in [2.24, 2.45) is 0 Å². The maximum atomic E-state index is 11.7. The number of nitrogens with one attached hydrogen (secondary N) is 1. The van der Waals surface area contributed by atoms with Crippen LogP contribution in [-0.2, 0) is 4.79 Å². The molecule has 4 heteroatoms. The lowest BCUT2D eigenvalue weighted by atomic mass is 9.42. The molecule has 0 aliphatic carbocycles. The molecule has 2 unspecified atom stereocenters. The zero-order valence-electron chi connectivity index (χ0n) is 11.0. The second-order valence-electron chi connectivity index (χ2n) is 5.80. The summed E-state index contributed by atoms with van der Waals surface area (Å²) in [5.41, 5.74) is -0.0744. The number of carbonyl (C=O) groups is 1. The van der Waals surface area contributed by atoms with Crippen molar-refractivity contribution in [3.05, 3.63) is 12.7 Å². The summed E-state index contributed by atoms with van der Waals surface area (Å²) in [5.74, 6) is -0.0221. The monoisotopic (exact) mass is 358 g/mol. The van der Waals surface area contributed by atoms with Gasteiger partial charge in [-0.25, -0.2) is 0 Å². The van der Waals surface area contributed by atoms with E-state index in [1.54, 1.807) is 0 Å². The zero-order chi connectivity index (χ0) is 13.1. The summed E-state index contributed by atoms with van der Waals surface area (Å²) in [7, 11) is 2.46. The molecule has 2 heterocycles. The topological polar surface area (TPSA) is 29.1 Å². The fourth-order valence-electron chi connectivity index (χ4n) is 3.40. The van der Waals surface area contributed by atoms with E-state index in [9.17, 15) is 4.79 Å². The van der Waals surface area contributed by atoms with Crippen LogP contribution >= 0.6 is 22.6 Å². The molecule has 1 N–H and O–H groups in total. The standard InChI is InChI=1S/C14H22BINO/c1-2-12(18)17-14-10-6-4-3-5-8-13(16,15-14)9-7-11-14/h2H,1,3-11H2,(H,17,18). The molecule has 0 aromatic heterocycles. The summed E-state index contributed by atoms with van der Waals surface area (Å²) in [6, 6.07) is 0. The van der Waals surface area contributed by atoms with Gasteiger partial charge in [-0.2, -0.15) is 0 Å². The Balaban J connectivity index is 2.17. The van der Waals surface area contributed by atoms with Crippen molar-refractivity contribution in [1.82, 2.24) is 5.32 Å². The lowest BCUT2D eigenvalue weighted by Crippen LogP contribution is -2.60. The lowest BCUT2D eigenvalue weighted by molar-refractivity contribution is -0.117. The van der Waals surface area contributed by atoms with Crippen LogP contribution in [0.5, 0.6) is 0 Å². The molecular weight excluding hydrogens is 336 g/mol. The highest BCUT2D eigenvalue weighted by atomic mass is 127. The van der Waals surface area contributed by atoms with E-state index in [2.05, 4.69) is 41.8 Å². The van der Waals surface area contributed by atoms with Gasteiger partial charge < -0.3 is 5.32 Å². The summed E-state index contributed by atoms with van der Waals surface area (Å²) in [6.07, 6.45) is 12.5. The van der Waals surface area contributed by atoms with Gasteiger partial charge in [0.1, 0.15) is 0 Å². The minimum Gasteiger partial charge on any atom is -0.355 e. The third-order valence-electron chi connectivity index (χ3n) is 4.27. The molecule has 2 fully saturated rings. The fourth-order valence-corrected chi connectivity index (χ4v) is 4.76. The Labute approximate surface area is 125 Å². The highest BCUT2D eigenvalue weighted by Gasteiger charge is 2.44. The normalized spacial score (nSPS) is 36.5. The Morgan fingerprint density at radius 2 is 1.72 bits per heavy atom. The number of alkyl halides is 1. The van der Waals surface area contributed by atoms with Crippen LogP contribution < -0.4 is 5.32 Å². The summed E-state index contributed by atoms with van der Waals surface area (Å²) in [5, 5.41) is 3.22. The van der Waals surface area contributed by atoms with Crippen LogP contribution in [0, 0.1) is 0 Å². The molecule has 2 atom stereocenters. The molecular formula is C14H22BINO. The van der Waals surface area contributed by atoms with Crippen LogP contribution in [0.1, 0.15) is 57.8 Å². The number of rotatable bonds is 2. The van der Waals surface area contributed by atoms with Gasteiger partial charge in [0.25, 0.3) is 0 Å². The van der Waals surface area contributed by atoms with Crippen LogP contribution in [0.3, 0.4) is 0 Å². The van der Waals surface area contributed by atoms with E-state index in [0.29, 0.717) is 0 Å². The first-order chi connectivity index (χ1) is 8.58. The van der Waals surface area contributed by atoms with Gasteiger partial charge in [-0.05, 0) is 35.1 Å². The maximum Gasteiger partial charge on any atom is 0.243 e. The predicted molar refractivity (Wildman–Crippen MR) is 85.1 cm³/mol. The molecule has 0 aromatic carbocycles.